The normalized spacial score (nSPS) is 14.1. The largest absolute Gasteiger partial charge is 0.480 e. The Morgan fingerprint density at radius 3 is 2.47 bits per heavy atom. The summed E-state index contributed by atoms with van der Waals surface area (Å²) in [5.74, 6) is -0.747. The molecule has 2 N–H and O–H groups in total. The van der Waals surface area contributed by atoms with Crippen molar-refractivity contribution in [1.29, 1.82) is 0 Å². The Balaban J connectivity index is 2.39. The maximum absolute atomic E-state index is 11.1. The van der Waals surface area contributed by atoms with Crippen LogP contribution >= 0.6 is 22.6 Å². The van der Waals surface area contributed by atoms with Crippen LogP contribution in [0, 0.1) is 3.57 Å². The number of benzene rings is 1. The molecule has 0 fully saturated rings. The Labute approximate surface area is 128 Å². The molecule has 1 aromatic rings. The second kappa shape index (κ2) is 8.53. The predicted molar refractivity (Wildman–Crippen MR) is 86.4 cm³/mol. The lowest BCUT2D eigenvalue weighted by molar-refractivity contribution is -0.139. The Bertz CT molecular complexity index is 392. The van der Waals surface area contributed by atoms with Crippen molar-refractivity contribution in [3.63, 3.8) is 0 Å². The maximum Gasteiger partial charge on any atom is 0.320 e. The molecule has 0 heterocycles. The summed E-state index contributed by atoms with van der Waals surface area (Å²) in [6.07, 6.45) is 3.49. The molecule has 0 saturated carbocycles. The van der Waals surface area contributed by atoms with Crippen LogP contribution in [-0.4, -0.2) is 23.2 Å². The van der Waals surface area contributed by atoms with Crippen LogP contribution in [0.3, 0.4) is 0 Å². The Morgan fingerprint density at radius 2 is 1.95 bits per heavy atom. The Morgan fingerprint density at radius 1 is 1.32 bits per heavy atom. The van der Waals surface area contributed by atoms with E-state index >= 15 is 0 Å². The highest BCUT2D eigenvalue weighted by Crippen LogP contribution is 2.10. The van der Waals surface area contributed by atoms with E-state index in [0.29, 0.717) is 6.42 Å². The number of rotatable bonds is 8. The van der Waals surface area contributed by atoms with E-state index < -0.39 is 12.0 Å². The predicted octanol–water partition coefficient (Wildman–Crippen LogP) is 3.46. The van der Waals surface area contributed by atoms with Crippen molar-refractivity contribution in [3.05, 3.63) is 33.4 Å². The zero-order valence-corrected chi connectivity index (χ0v) is 13.7. The van der Waals surface area contributed by atoms with Gasteiger partial charge < -0.3 is 10.4 Å². The van der Waals surface area contributed by atoms with Gasteiger partial charge in [-0.05, 0) is 66.5 Å². The number of carboxylic acids is 1. The van der Waals surface area contributed by atoms with E-state index in [4.69, 9.17) is 5.11 Å². The lowest BCUT2D eigenvalue weighted by Crippen LogP contribution is -2.42. The number of carboxylic acid groups (broad SMARTS) is 1. The molecule has 0 spiro atoms. The molecule has 0 amide bonds. The summed E-state index contributed by atoms with van der Waals surface area (Å²) in [7, 11) is 0. The fourth-order valence-electron chi connectivity index (χ4n) is 2.03. The zero-order valence-electron chi connectivity index (χ0n) is 11.5. The van der Waals surface area contributed by atoms with Gasteiger partial charge in [0.25, 0.3) is 0 Å². The van der Waals surface area contributed by atoms with Gasteiger partial charge in [-0.3, -0.25) is 4.79 Å². The monoisotopic (exact) mass is 375 g/mol. The highest BCUT2D eigenvalue weighted by Gasteiger charge is 2.17. The van der Waals surface area contributed by atoms with Gasteiger partial charge in [-0.1, -0.05) is 25.5 Å². The fourth-order valence-corrected chi connectivity index (χ4v) is 2.39. The summed E-state index contributed by atoms with van der Waals surface area (Å²) in [6, 6.07) is 8.27. The average Bonchev–Trinajstić information content (AvgIpc) is 2.37. The summed E-state index contributed by atoms with van der Waals surface area (Å²) >= 11 is 2.29. The van der Waals surface area contributed by atoms with E-state index in [9.17, 15) is 4.79 Å². The van der Waals surface area contributed by atoms with E-state index in [2.05, 4.69) is 59.1 Å². The lowest BCUT2D eigenvalue weighted by atomic mass is 10.0. The van der Waals surface area contributed by atoms with Crippen LogP contribution in [0.25, 0.3) is 0 Å². The van der Waals surface area contributed by atoms with Gasteiger partial charge in [0.15, 0.2) is 0 Å². The highest BCUT2D eigenvalue weighted by atomic mass is 127. The smallest absolute Gasteiger partial charge is 0.320 e. The van der Waals surface area contributed by atoms with E-state index in [1.54, 1.807) is 0 Å². The van der Waals surface area contributed by atoms with Gasteiger partial charge in [0, 0.05) is 9.61 Å². The molecule has 2 atom stereocenters. The first kappa shape index (κ1) is 16.4. The standard InChI is InChI=1S/C15H22INO2/c1-3-4-14(15(18)19)17-11(2)5-6-12-7-9-13(16)10-8-12/h7-11,14,17H,3-6H2,1-2H3,(H,18,19). The number of aliphatic carboxylic acids is 1. The molecule has 106 valence electrons. The Kier molecular flexibility index (Phi) is 7.38. The Hall–Kier alpha value is -0.620. The highest BCUT2D eigenvalue weighted by molar-refractivity contribution is 14.1. The first-order valence-electron chi connectivity index (χ1n) is 6.76. The van der Waals surface area contributed by atoms with Crippen molar-refractivity contribution in [2.75, 3.05) is 0 Å². The molecule has 0 radical (unpaired) electrons. The van der Waals surface area contributed by atoms with Crippen LogP contribution in [0.15, 0.2) is 24.3 Å². The minimum Gasteiger partial charge on any atom is -0.480 e. The topological polar surface area (TPSA) is 49.3 Å². The number of halogens is 1. The van der Waals surface area contributed by atoms with Crippen molar-refractivity contribution in [2.24, 2.45) is 0 Å². The fraction of sp³-hybridized carbons (Fsp3) is 0.533. The van der Waals surface area contributed by atoms with Crippen molar-refractivity contribution >= 4 is 28.6 Å². The molecule has 1 aromatic carbocycles. The molecule has 1 rings (SSSR count). The van der Waals surface area contributed by atoms with Crippen molar-refractivity contribution in [1.82, 2.24) is 5.32 Å². The van der Waals surface area contributed by atoms with Crippen LogP contribution in [0.2, 0.25) is 0 Å². The number of aryl methyl sites for hydroxylation is 1. The SMILES string of the molecule is CCCC(NC(C)CCc1ccc(I)cc1)C(=O)O. The van der Waals surface area contributed by atoms with Crippen molar-refractivity contribution in [2.45, 2.75) is 51.6 Å². The molecule has 0 saturated heterocycles. The third-order valence-corrected chi connectivity index (χ3v) is 3.86. The van der Waals surface area contributed by atoms with Gasteiger partial charge in [0.05, 0.1) is 0 Å². The van der Waals surface area contributed by atoms with E-state index in [-0.39, 0.29) is 6.04 Å². The molecule has 2 unspecified atom stereocenters. The van der Waals surface area contributed by atoms with E-state index in [1.165, 1.54) is 9.13 Å². The van der Waals surface area contributed by atoms with E-state index in [0.717, 1.165) is 19.3 Å². The summed E-state index contributed by atoms with van der Waals surface area (Å²) in [6.45, 7) is 4.06. The summed E-state index contributed by atoms with van der Waals surface area (Å²) in [4.78, 5) is 11.1. The first-order chi connectivity index (χ1) is 9.02. The first-order valence-corrected chi connectivity index (χ1v) is 7.84. The number of carbonyl (C=O) groups is 1. The van der Waals surface area contributed by atoms with Gasteiger partial charge >= 0.3 is 5.97 Å². The molecular formula is C15H22INO2. The second-order valence-electron chi connectivity index (χ2n) is 4.91. The lowest BCUT2D eigenvalue weighted by Gasteiger charge is -2.19. The molecule has 0 bridgehead atoms. The van der Waals surface area contributed by atoms with Crippen LogP contribution in [0.5, 0.6) is 0 Å². The second-order valence-corrected chi connectivity index (χ2v) is 6.16. The van der Waals surface area contributed by atoms with Crippen molar-refractivity contribution < 1.29 is 9.90 Å². The van der Waals surface area contributed by atoms with Gasteiger partial charge in [-0.2, -0.15) is 0 Å². The van der Waals surface area contributed by atoms with Gasteiger partial charge in [0.2, 0.25) is 0 Å². The molecule has 4 heteroatoms. The third-order valence-electron chi connectivity index (χ3n) is 3.14. The van der Waals surface area contributed by atoms with Crippen LogP contribution in [0.1, 0.15) is 38.7 Å². The molecule has 0 aromatic heterocycles. The minimum atomic E-state index is -0.747. The number of hydrogen-bond acceptors (Lipinski definition) is 2. The zero-order chi connectivity index (χ0) is 14.3. The molecule has 0 aliphatic heterocycles. The molecule has 19 heavy (non-hydrogen) atoms. The maximum atomic E-state index is 11.1. The number of nitrogens with one attached hydrogen (secondary N) is 1. The van der Waals surface area contributed by atoms with Gasteiger partial charge in [0.1, 0.15) is 6.04 Å². The van der Waals surface area contributed by atoms with E-state index in [1.807, 2.05) is 6.92 Å². The van der Waals surface area contributed by atoms with Crippen LogP contribution in [-0.2, 0) is 11.2 Å². The molecule has 0 aliphatic rings. The van der Waals surface area contributed by atoms with Gasteiger partial charge in [-0.15, -0.1) is 0 Å². The van der Waals surface area contributed by atoms with Crippen LogP contribution in [0.4, 0.5) is 0 Å². The summed E-state index contributed by atoms with van der Waals surface area (Å²) in [5, 5.41) is 12.3. The average molecular weight is 375 g/mol. The molecule has 0 aliphatic carbocycles. The van der Waals surface area contributed by atoms with Crippen molar-refractivity contribution in [3.8, 4) is 0 Å². The molecular weight excluding hydrogens is 353 g/mol. The van der Waals surface area contributed by atoms with Gasteiger partial charge in [-0.25, -0.2) is 0 Å². The minimum absolute atomic E-state index is 0.215. The van der Waals surface area contributed by atoms with Crippen LogP contribution < -0.4 is 5.32 Å². The summed E-state index contributed by atoms with van der Waals surface area (Å²) < 4.78 is 1.24. The number of hydrogen-bond donors (Lipinski definition) is 2. The third kappa shape index (κ3) is 6.38. The quantitative estimate of drug-likeness (QED) is 0.685. The summed E-state index contributed by atoms with van der Waals surface area (Å²) in [5.41, 5.74) is 1.30. The molecule has 3 nitrogen and oxygen atoms in total.